The summed E-state index contributed by atoms with van der Waals surface area (Å²) in [6.45, 7) is 9.02. The maximum absolute atomic E-state index is 5.69. The van der Waals surface area contributed by atoms with Crippen molar-refractivity contribution >= 4 is 0 Å². The van der Waals surface area contributed by atoms with E-state index in [-0.39, 0.29) is 0 Å². The van der Waals surface area contributed by atoms with Gasteiger partial charge in [0.25, 0.3) is 0 Å². The molecule has 18 heavy (non-hydrogen) atoms. The van der Waals surface area contributed by atoms with Gasteiger partial charge in [-0.2, -0.15) is 0 Å². The Morgan fingerprint density at radius 3 is 2.56 bits per heavy atom. The molecular formula is C15H30N2O. The first-order valence-corrected chi connectivity index (χ1v) is 7.93. The highest BCUT2D eigenvalue weighted by Crippen LogP contribution is 2.18. The molecule has 2 saturated heterocycles. The highest BCUT2D eigenvalue weighted by atomic mass is 16.5. The molecule has 2 rings (SSSR count). The van der Waals surface area contributed by atoms with Gasteiger partial charge in [-0.25, -0.2) is 0 Å². The van der Waals surface area contributed by atoms with Gasteiger partial charge in [-0.05, 0) is 38.9 Å². The third-order valence-electron chi connectivity index (χ3n) is 4.38. The molecule has 2 aliphatic rings. The summed E-state index contributed by atoms with van der Waals surface area (Å²) in [5, 5.41) is 3.65. The van der Waals surface area contributed by atoms with Crippen LogP contribution in [0, 0.1) is 5.92 Å². The van der Waals surface area contributed by atoms with Crippen molar-refractivity contribution in [2.24, 2.45) is 5.92 Å². The zero-order chi connectivity index (χ0) is 12.6. The SMILES string of the molecule is CCNC1CCOCC1CN1CCCCCCC1. The summed E-state index contributed by atoms with van der Waals surface area (Å²) in [6, 6.07) is 0.675. The van der Waals surface area contributed by atoms with Crippen LogP contribution in [-0.4, -0.2) is 50.3 Å². The monoisotopic (exact) mass is 254 g/mol. The van der Waals surface area contributed by atoms with Crippen LogP contribution in [-0.2, 0) is 4.74 Å². The minimum atomic E-state index is 0.675. The summed E-state index contributed by atoms with van der Waals surface area (Å²) in [4.78, 5) is 2.68. The molecule has 0 spiro atoms. The van der Waals surface area contributed by atoms with Gasteiger partial charge in [-0.15, -0.1) is 0 Å². The van der Waals surface area contributed by atoms with E-state index in [1.54, 1.807) is 0 Å². The van der Waals surface area contributed by atoms with Crippen LogP contribution in [0.25, 0.3) is 0 Å². The number of hydrogen-bond acceptors (Lipinski definition) is 3. The van der Waals surface area contributed by atoms with Gasteiger partial charge in [-0.1, -0.05) is 26.2 Å². The Morgan fingerprint density at radius 1 is 1.11 bits per heavy atom. The van der Waals surface area contributed by atoms with Crippen molar-refractivity contribution in [2.75, 3.05) is 39.4 Å². The lowest BCUT2D eigenvalue weighted by Gasteiger charge is -2.36. The molecule has 106 valence electrons. The maximum Gasteiger partial charge on any atom is 0.0521 e. The molecule has 0 aromatic rings. The summed E-state index contributed by atoms with van der Waals surface area (Å²) in [5.74, 6) is 0.693. The third-order valence-corrected chi connectivity index (χ3v) is 4.38. The van der Waals surface area contributed by atoms with E-state index in [1.807, 2.05) is 0 Å². The molecule has 3 heteroatoms. The van der Waals surface area contributed by atoms with Gasteiger partial charge in [0, 0.05) is 25.1 Å². The van der Waals surface area contributed by atoms with Crippen molar-refractivity contribution in [1.82, 2.24) is 10.2 Å². The van der Waals surface area contributed by atoms with Gasteiger partial charge in [0.2, 0.25) is 0 Å². The van der Waals surface area contributed by atoms with E-state index >= 15 is 0 Å². The van der Waals surface area contributed by atoms with Gasteiger partial charge in [0.1, 0.15) is 0 Å². The average Bonchev–Trinajstić information content (AvgIpc) is 2.35. The topological polar surface area (TPSA) is 24.5 Å². The molecule has 0 bridgehead atoms. The number of likely N-dealkylation sites (tertiary alicyclic amines) is 1. The van der Waals surface area contributed by atoms with Crippen LogP contribution >= 0.6 is 0 Å². The molecule has 3 nitrogen and oxygen atoms in total. The number of nitrogens with one attached hydrogen (secondary N) is 1. The Labute approximate surface area is 112 Å². The molecule has 2 unspecified atom stereocenters. The normalized spacial score (nSPS) is 31.8. The van der Waals surface area contributed by atoms with Gasteiger partial charge in [0.05, 0.1) is 6.61 Å². The Morgan fingerprint density at radius 2 is 1.83 bits per heavy atom. The molecule has 1 N–H and O–H groups in total. The maximum atomic E-state index is 5.69. The van der Waals surface area contributed by atoms with Crippen LogP contribution < -0.4 is 5.32 Å². The number of nitrogens with zero attached hydrogens (tertiary/aromatic N) is 1. The number of hydrogen-bond donors (Lipinski definition) is 1. The molecule has 2 fully saturated rings. The largest absolute Gasteiger partial charge is 0.381 e. The zero-order valence-corrected chi connectivity index (χ0v) is 12.0. The smallest absolute Gasteiger partial charge is 0.0521 e. The fourth-order valence-electron chi connectivity index (χ4n) is 3.33. The van der Waals surface area contributed by atoms with Crippen LogP contribution in [0.4, 0.5) is 0 Å². The summed E-state index contributed by atoms with van der Waals surface area (Å²) in [5.41, 5.74) is 0. The van der Waals surface area contributed by atoms with E-state index < -0.39 is 0 Å². The second kappa shape index (κ2) is 8.13. The van der Waals surface area contributed by atoms with Gasteiger partial charge in [0.15, 0.2) is 0 Å². The molecule has 0 aromatic carbocycles. The van der Waals surface area contributed by atoms with Gasteiger partial charge >= 0.3 is 0 Å². The van der Waals surface area contributed by atoms with Crippen molar-refractivity contribution in [1.29, 1.82) is 0 Å². The number of ether oxygens (including phenoxy) is 1. The van der Waals surface area contributed by atoms with Gasteiger partial charge in [-0.3, -0.25) is 0 Å². The van der Waals surface area contributed by atoms with Crippen molar-refractivity contribution in [3.63, 3.8) is 0 Å². The molecular weight excluding hydrogens is 224 g/mol. The molecule has 0 radical (unpaired) electrons. The third kappa shape index (κ3) is 4.52. The molecule has 0 amide bonds. The Hall–Kier alpha value is -0.120. The lowest BCUT2D eigenvalue weighted by Crippen LogP contribution is -2.48. The fourth-order valence-corrected chi connectivity index (χ4v) is 3.33. The molecule has 2 heterocycles. The van der Waals surface area contributed by atoms with E-state index in [0.29, 0.717) is 12.0 Å². The predicted molar refractivity (Wildman–Crippen MR) is 75.9 cm³/mol. The lowest BCUT2D eigenvalue weighted by molar-refractivity contribution is 0.0160. The first-order chi connectivity index (χ1) is 8.90. The van der Waals surface area contributed by atoms with E-state index in [1.165, 1.54) is 58.2 Å². The van der Waals surface area contributed by atoms with E-state index in [9.17, 15) is 0 Å². The summed E-state index contributed by atoms with van der Waals surface area (Å²) >= 11 is 0. The molecule has 0 aromatic heterocycles. The van der Waals surface area contributed by atoms with Crippen LogP contribution in [0.15, 0.2) is 0 Å². The fraction of sp³-hybridized carbons (Fsp3) is 1.00. The van der Waals surface area contributed by atoms with E-state index in [0.717, 1.165) is 19.8 Å². The van der Waals surface area contributed by atoms with Gasteiger partial charge < -0.3 is 15.0 Å². The molecule has 0 saturated carbocycles. The van der Waals surface area contributed by atoms with E-state index in [2.05, 4.69) is 17.1 Å². The minimum absolute atomic E-state index is 0.675. The average molecular weight is 254 g/mol. The van der Waals surface area contributed by atoms with Crippen LogP contribution in [0.5, 0.6) is 0 Å². The molecule has 2 aliphatic heterocycles. The highest BCUT2D eigenvalue weighted by molar-refractivity contribution is 4.82. The quantitative estimate of drug-likeness (QED) is 0.833. The minimum Gasteiger partial charge on any atom is -0.381 e. The van der Waals surface area contributed by atoms with E-state index in [4.69, 9.17) is 4.74 Å². The van der Waals surface area contributed by atoms with Crippen LogP contribution in [0.3, 0.4) is 0 Å². The summed E-state index contributed by atoms with van der Waals surface area (Å²) < 4.78 is 5.69. The second-order valence-electron chi connectivity index (χ2n) is 5.86. The summed E-state index contributed by atoms with van der Waals surface area (Å²) in [6.07, 6.45) is 8.26. The number of rotatable bonds is 4. The first kappa shape index (κ1) is 14.3. The lowest BCUT2D eigenvalue weighted by atomic mass is 9.94. The van der Waals surface area contributed by atoms with Crippen LogP contribution in [0.2, 0.25) is 0 Å². The zero-order valence-electron chi connectivity index (χ0n) is 12.0. The standard InChI is InChI=1S/C15H30N2O/c1-2-16-15-8-11-18-13-14(15)12-17-9-6-4-3-5-7-10-17/h14-16H,2-13H2,1H3. The summed E-state index contributed by atoms with van der Waals surface area (Å²) in [7, 11) is 0. The Bertz CT molecular complexity index is 213. The molecule has 0 aliphatic carbocycles. The highest BCUT2D eigenvalue weighted by Gasteiger charge is 2.26. The Kier molecular flexibility index (Phi) is 6.46. The van der Waals surface area contributed by atoms with Crippen molar-refractivity contribution < 1.29 is 4.74 Å². The predicted octanol–water partition coefficient (Wildman–Crippen LogP) is 2.27. The van der Waals surface area contributed by atoms with Crippen LogP contribution in [0.1, 0.15) is 45.4 Å². The second-order valence-corrected chi connectivity index (χ2v) is 5.86. The van der Waals surface area contributed by atoms with Crippen molar-refractivity contribution in [2.45, 2.75) is 51.5 Å². The van der Waals surface area contributed by atoms with Crippen molar-refractivity contribution in [3.8, 4) is 0 Å². The first-order valence-electron chi connectivity index (χ1n) is 7.93. The molecule has 2 atom stereocenters. The Balaban J connectivity index is 1.80. The van der Waals surface area contributed by atoms with Crippen molar-refractivity contribution in [3.05, 3.63) is 0 Å².